The molecule has 2 aliphatic rings. The van der Waals surface area contributed by atoms with Crippen molar-refractivity contribution in [2.45, 2.75) is 26.3 Å². The number of nitrogens with zero attached hydrogens (tertiary/aromatic N) is 2. The van der Waals surface area contributed by atoms with Crippen molar-refractivity contribution in [2.75, 3.05) is 46.0 Å². The minimum absolute atomic E-state index is 0.104. The largest absolute Gasteiger partial charge is 0.507 e. The quantitative estimate of drug-likeness (QED) is 0.351. The number of aliphatic hydroxyl groups excluding tert-OH is 1. The molecule has 1 atom stereocenters. The zero-order chi connectivity index (χ0) is 24.9. The fourth-order valence-electron chi connectivity index (χ4n) is 4.56. The SMILES string of the molecule is CCCOc1ccc(/C(O)=C2\C(=O)C(=O)N(CCN3CCOCC3)C2c2ccccc2F)c(C)c1. The Labute approximate surface area is 204 Å². The van der Waals surface area contributed by atoms with Crippen molar-refractivity contribution < 1.29 is 28.6 Å². The fraction of sp³-hybridized carbons (Fsp3) is 0.407. The number of morpholine rings is 1. The molecule has 8 heteroatoms. The van der Waals surface area contributed by atoms with Gasteiger partial charge in [0.1, 0.15) is 17.3 Å². The lowest BCUT2D eigenvalue weighted by atomic mass is 9.93. The lowest BCUT2D eigenvalue weighted by Crippen LogP contribution is -2.42. The van der Waals surface area contributed by atoms with Crippen LogP contribution in [0.25, 0.3) is 5.76 Å². The second-order valence-electron chi connectivity index (χ2n) is 8.79. The molecule has 2 fully saturated rings. The summed E-state index contributed by atoms with van der Waals surface area (Å²) >= 11 is 0. The van der Waals surface area contributed by atoms with Gasteiger partial charge in [-0.05, 0) is 43.2 Å². The molecule has 0 bridgehead atoms. The summed E-state index contributed by atoms with van der Waals surface area (Å²) in [4.78, 5) is 29.8. The summed E-state index contributed by atoms with van der Waals surface area (Å²) in [6.07, 6.45) is 0.858. The molecule has 2 aromatic carbocycles. The number of ether oxygens (including phenoxy) is 2. The van der Waals surface area contributed by atoms with Gasteiger partial charge in [-0.3, -0.25) is 14.5 Å². The van der Waals surface area contributed by atoms with Gasteiger partial charge < -0.3 is 19.5 Å². The van der Waals surface area contributed by atoms with Crippen LogP contribution in [0.2, 0.25) is 0 Å². The number of carbonyl (C=O) groups is 2. The number of rotatable bonds is 8. The summed E-state index contributed by atoms with van der Waals surface area (Å²) in [7, 11) is 0. The normalized spacial score (nSPS) is 20.4. The van der Waals surface area contributed by atoms with Crippen molar-refractivity contribution in [3.8, 4) is 5.75 Å². The third-order valence-corrected chi connectivity index (χ3v) is 6.43. The minimum atomic E-state index is -1.02. The van der Waals surface area contributed by atoms with Crippen LogP contribution in [0, 0.1) is 12.7 Å². The lowest BCUT2D eigenvalue weighted by molar-refractivity contribution is -0.140. The highest BCUT2D eigenvalue weighted by molar-refractivity contribution is 6.46. The Morgan fingerprint density at radius 1 is 1.14 bits per heavy atom. The zero-order valence-corrected chi connectivity index (χ0v) is 20.1. The number of hydrogen-bond donors (Lipinski definition) is 1. The van der Waals surface area contributed by atoms with Crippen molar-refractivity contribution in [1.29, 1.82) is 0 Å². The molecule has 2 aromatic rings. The van der Waals surface area contributed by atoms with E-state index < -0.39 is 23.5 Å². The molecule has 0 radical (unpaired) electrons. The number of aliphatic hydroxyl groups is 1. The highest BCUT2D eigenvalue weighted by atomic mass is 19.1. The second-order valence-corrected chi connectivity index (χ2v) is 8.79. The molecule has 2 saturated heterocycles. The second kappa shape index (κ2) is 11.0. The van der Waals surface area contributed by atoms with Crippen LogP contribution in [0.4, 0.5) is 4.39 Å². The molecule has 0 saturated carbocycles. The van der Waals surface area contributed by atoms with Gasteiger partial charge in [0, 0.05) is 37.3 Å². The highest BCUT2D eigenvalue weighted by Gasteiger charge is 2.47. The molecular formula is C27H31FN2O5. The van der Waals surface area contributed by atoms with E-state index in [0.29, 0.717) is 43.2 Å². The third-order valence-electron chi connectivity index (χ3n) is 6.43. The first-order valence-corrected chi connectivity index (χ1v) is 12.0. The van der Waals surface area contributed by atoms with Crippen molar-refractivity contribution in [1.82, 2.24) is 9.80 Å². The number of benzene rings is 2. The van der Waals surface area contributed by atoms with Crippen LogP contribution in [0.1, 0.15) is 36.1 Å². The Morgan fingerprint density at radius 3 is 2.57 bits per heavy atom. The van der Waals surface area contributed by atoms with Gasteiger partial charge in [0.25, 0.3) is 11.7 Å². The maximum atomic E-state index is 15.0. The third kappa shape index (κ3) is 5.23. The van der Waals surface area contributed by atoms with Crippen molar-refractivity contribution in [2.24, 2.45) is 0 Å². The summed E-state index contributed by atoms with van der Waals surface area (Å²) in [5, 5.41) is 11.3. The molecule has 1 unspecified atom stereocenters. The standard InChI is InChI=1S/C27H31FN2O5/c1-3-14-35-19-8-9-20(18(2)17-19)25(31)23-24(21-6-4-5-7-22(21)28)30(27(33)26(23)32)11-10-29-12-15-34-16-13-29/h4-9,17,24,31H,3,10-16H2,1-2H3/b25-23+. The van der Waals surface area contributed by atoms with Crippen LogP contribution in [0.15, 0.2) is 48.0 Å². The maximum Gasteiger partial charge on any atom is 0.295 e. The summed E-state index contributed by atoms with van der Waals surface area (Å²) in [6, 6.07) is 10.2. The molecule has 2 heterocycles. The lowest BCUT2D eigenvalue weighted by Gasteiger charge is -2.31. The Kier molecular flexibility index (Phi) is 7.83. The van der Waals surface area contributed by atoms with Gasteiger partial charge in [0.05, 0.1) is 31.4 Å². The van der Waals surface area contributed by atoms with E-state index in [1.165, 1.54) is 11.0 Å². The van der Waals surface area contributed by atoms with E-state index in [1.54, 1.807) is 43.3 Å². The Bertz CT molecular complexity index is 1130. The van der Waals surface area contributed by atoms with E-state index in [9.17, 15) is 19.1 Å². The molecule has 4 rings (SSSR count). The predicted molar refractivity (Wildman–Crippen MR) is 130 cm³/mol. The topological polar surface area (TPSA) is 79.3 Å². The van der Waals surface area contributed by atoms with Crippen LogP contribution >= 0.6 is 0 Å². The van der Waals surface area contributed by atoms with Crippen LogP contribution < -0.4 is 4.74 Å². The number of Topliss-reactive ketones (excluding diaryl/α,β-unsaturated/α-hetero) is 1. The number of aryl methyl sites for hydroxylation is 1. The van der Waals surface area contributed by atoms with E-state index in [1.807, 2.05) is 6.92 Å². The number of hydrogen-bond acceptors (Lipinski definition) is 6. The van der Waals surface area contributed by atoms with Crippen molar-refractivity contribution in [3.05, 3.63) is 70.5 Å². The first kappa shape index (κ1) is 24.9. The number of carbonyl (C=O) groups excluding carboxylic acids is 2. The van der Waals surface area contributed by atoms with Gasteiger partial charge in [0.2, 0.25) is 0 Å². The molecule has 186 valence electrons. The molecule has 0 aliphatic carbocycles. The van der Waals surface area contributed by atoms with Gasteiger partial charge in [-0.15, -0.1) is 0 Å². The highest BCUT2D eigenvalue weighted by Crippen LogP contribution is 2.40. The van der Waals surface area contributed by atoms with Gasteiger partial charge >= 0.3 is 0 Å². The van der Waals surface area contributed by atoms with E-state index >= 15 is 0 Å². The van der Waals surface area contributed by atoms with Crippen LogP contribution in [0.5, 0.6) is 5.75 Å². The van der Waals surface area contributed by atoms with E-state index in [2.05, 4.69) is 4.90 Å². The van der Waals surface area contributed by atoms with E-state index in [4.69, 9.17) is 9.47 Å². The summed E-state index contributed by atoms with van der Waals surface area (Å²) in [5.74, 6) is -1.76. The number of halogens is 1. The molecular weight excluding hydrogens is 451 g/mol. The Balaban J connectivity index is 1.73. The van der Waals surface area contributed by atoms with Gasteiger partial charge in [-0.2, -0.15) is 0 Å². The van der Waals surface area contributed by atoms with Crippen molar-refractivity contribution >= 4 is 17.4 Å². The van der Waals surface area contributed by atoms with Gasteiger partial charge in [-0.25, -0.2) is 4.39 Å². The van der Waals surface area contributed by atoms with Crippen LogP contribution in [0.3, 0.4) is 0 Å². The Hall–Kier alpha value is -3.23. The number of likely N-dealkylation sites (tertiary alicyclic amines) is 1. The first-order chi connectivity index (χ1) is 16.9. The van der Waals surface area contributed by atoms with Gasteiger partial charge in [-0.1, -0.05) is 25.1 Å². The average Bonchev–Trinajstić information content (AvgIpc) is 3.11. The van der Waals surface area contributed by atoms with Gasteiger partial charge in [0.15, 0.2) is 0 Å². The number of amides is 1. The molecule has 0 spiro atoms. The summed E-state index contributed by atoms with van der Waals surface area (Å²) in [6.45, 7) is 7.76. The zero-order valence-electron chi connectivity index (χ0n) is 20.1. The molecule has 1 N–H and O–H groups in total. The fourth-order valence-corrected chi connectivity index (χ4v) is 4.56. The summed E-state index contributed by atoms with van der Waals surface area (Å²) < 4.78 is 26.0. The average molecular weight is 483 g/mol. The monoisotopic (exact) mass is 482 g/mol. The predicted octanol–water partition coefficient (Wildman–Crippen LogP) is 3.68. The minimum Gasteiger partial charge on any atom is -0.507 e. The van der Waals surface area contributed by atoms with Crippen LogP contribution in [-0.4, -0.2) is 72.6 Å². The smallest absolute Gasteiger partial charge is 0.295 e. The molecule has 35 heavy (non-hydrogen) atoms. The van der Waals surface area contributed by atoms with E-state index in [-0.39, 0.29) is 23.4 Å². The molecule has 2 aliphatic heterocycles. The molecule has 1 amide bonds. The maximum absolute atomic E-state index is 15.0. The first-order valence-electron chi connectivity index (χ1n) is 12.0. The van der Waals surface area contributed by atoms with E-state index in [0.717, 1.165) is 19.5 Å². The number of ketones is 1. The molecule has 0 aromatic heterocycles. The Morgan fingerprint density at radius 2 is 1.89 bits per heavy atom. The molecule has 7 nitrogen and oxygen atoms in total. The van der Waals surface area contributed by atoms with Crippen LogP contribution in [-0.2, 0) is 14.3 Å². The summed E-state index contributed by atoms with van der Waals surface area (Å²) in [5.41, 5.74) is 1.16. The van der Waals surface area contributed by atoms with Crippen molar-refractivity contribution in [3.63, 3.8) is 0 Å².